The summed E-state index contributed by atoms with van der Waals surface area (Å²) in [5.74, 6) is 1.78. The molecule has 3 aromatic rings. The molecule has 2 aromatic carbocycles. The molecule has 0 aliphatic rings. The van der Waals surface area contributed by atoms with Crippen molar-refractivity contribution in [3.8, 4) is 11.4 Å². The van der Waals surface area contributed by atoms with Gasteiger partial charge >= 0.3 is 0 Å². The molecule has 3 rings (SSSR count). The SMILES string of the molecule is CCn1c(SCc2c(C)cc(C(C)(C)C)cc2C)nnc1-c1ccc(N)cc1. The van der Waals surface area contributed by atoms with Gasteiger partial charge < -0.3 is 10.3 Å². The fourth-order valence-corrected chi connectivity index (χ4v) is 4.52. The lowest BCUT2D eigenvalue weighted by Crippen LogP contribution is -2.12. The maximum Gasteiger partial charge on any atom is 0.191 e. The Hall–Kier alpha value is -2.27. The molecular weight excluding hydrogens is 364 g/mol. The van der Waals surface area contributed by atoms with E-state index in [-0.39, 0.29) is 5.41 Å². The zero-order chi connectivity index (χ0) is 20.5. The molecule has 0 saturated heterocycles. The number of benzene rings is 2. The molecule has 0 amide bonds. The lowest BCUT2D eigenvalue weighted by molar-refractivity contribution is 0.589. The maximum atomic E-state index is 5.81. The van der Waals surface area contributed by atoms with Crippen LogP contribution in [0.3, 0.4) is 0 Å². The van der Waals surface area contributed by atoms with E-state index < -0.39 is 0 Å². The lowest BCUT2D eigenvalue weighted by Gasteiger charge is -2.22. The standard InChI is InChI=1S/C23H30N4S/c1-7-27-21(17-8-10-19(24)11-9-17)25-26-22(27)28-14-20-15(2)12-18(13-16(20)3)23(4,5)6/h8-13H,7,14,24H2,1-6H3. The molecule has 0 fully saturated rings. The fraction of sp³-hybridized carbons (Fsp3) is 0.391. The van der Waals surface area contributed by atoms with E-state index in [4.69, 9.17) is 5.73 Å². The molecule has 0 aliphatic heterocycles. The van der Waals surface area contributed by atoms with Gasteiger partial charge in [0.25, 0.3) is 0 Å². The zero-order valence-electron chi connectivity index (χ0n) is 17.7. The Morgan fingerprint density at radius 2 is 1.61 bits per heavy atom. The predicted octanol–water partition coefficient (Wildman–Crippen LogP) is 5.75. The van der Waals surface area contributed by atoms with Crippen LogP contribution in [0.1, 0.15) is 49.9 Å². The van der Waals surface area contributed by atoms with Gasteiger partial charge in [-0.3, -0.25) is 0 Å². The second-order valence-electron chi connectivity index (χ2n) is 8.30. The van der Waals surface area contributed by atoms with Gasteiger partial charge in [-0.25, -0.2) is 0 Å². The third-order valence-corrected chi connectivity index (χ3v) is 6.10. The third kappa shape index (κ3) is 4.25. The van der Waals surface area contributed by atoms with Crippen LogP contribution in [-0.4, -0.2) is 14.8 Å². The van der Waals surface area contributed by atoms with Crippen LogP contribution in [0.25, 0.3) is 11.4 Å². The Balaban J connectivity index is 1.85. The summed E-state index contributed by atoms with van der Waals surface area (Å²) in [6.07, 6.45) is 0. The van der Waals surface area contributed by atoms with E-state index >= 15 is 0 Å². The topological polar surface area (TPSA) is 56.7 Å². The molecule has 0 spiro atoms. The monoisotopic (exact) mass is 394 g/mol. The third-order valence-electron chi connectivity index (χ3n) is 5.11. The summed E-state index contributed by atoms with van der Waals surface area (Å²) < 4.78 is 2.17. The number of nitrogen functional groups attached to an aromatic ring is 1. The van der Waals surface area contributed by atoms with Gasteiger partial charge in [-0.05, 0) is 72.7 Å². The molecule has 1 heterocycles. The summed E-state index contributed by atoms with van der Waals surface area (Å²) in [6.45, 7) is 14.2. The Morgan fingerprint density at radius 3 is 2.14 bits per heavy atom. The first-order valence-electron chi connectivity index (χ1n) is 9.73. The number of anilines is 1. The van der Waals surface area contributed by atoms with Crippen LogP contribution in [0.4, 0.5) is 5.69 Å². The largest absolute Gasteiger partial charge is 0.399 e. The minimum absolute atomic E-state index is 0.164. The summed E-state index contributed by atoms with van der Waals surface area (Å²) in [5.41, 5.74) is 13.2. The number of aryl methyl sites for hydroxylation is 2. The molecule has 0 atom stereocenters. The van der Waals surface area contributed by atoms with Crippen molar-refractivity contribution in [2.24, 2.45) is 0 Å². The van der Waals surface area contributed by atoms with Gasteiger partial charge in [0, 0.05) is 23.5 Å². The molecule has 148 valence electrons. The second-order valence-corrected chi connectivity index (χ2v) is 9.24. The second kappa shape index (κ2) is 8.00. The molecular formula is C23H30N4S. The fourth-order valence-electron chi connectivity index (χ4n) is 3.32. The molecule has 5 heteroatoms. The molecule has 0 aliphatic carbocycles. The van der Waals surface area contributed by atoms with E-state index in [1.54, 1.807) is 11.8 Å². The summed E-state index contributed by atoms with van der Waals surface area (Å²) in [7, 11) is 0. The molecule has 0 radical (unpaired) electrons. The van der Waals surface area contributed by atoms with Crippen LogP contribution in [0.2, 0.25) is 0 Å². The number of rotatable bonds is 5. The number of hydrogen-bond acceptors (Lipinski definition) is 4. The predicted molar refractivity (Wildman–Crippen MR) is 120 cm³/mol. The first-order valence-corrected chi connectivity index (χ1v) is 10.7. The Morgan fingerprint density at radius 1 is 1.00 bits per heavy atom. The van der Waals surface area contributed by atoms with Crippen LogP contribution in [0.15, 0.2) is 41.6 Å². The summed E-state index contributed by atoms with van der Waals surface area (Å²) in [5, 5.41) is 9.86. The van der Waals surface area contributed by atoms with E-state index in [0.717, 1.165) is 34.5 Å². The van der Waals surface area contributed by atoms with E-state index in [0.29, 0.717) is 0 Å². The highest BCUT2D eigenvalue weighted by atomic mass is 32.2. The molecule has 1 aromatic heterocycles. The summed E-state index contributed by atoms with van der Waals surface area (Å²) in [4.78, 5) is 0. The highest BCUT2D eigenvalue weighted by Gasteiger charge is 2.18. The van der Waals surface area contributed by atoms with Crippen LogP contribution in [0, 0.1) is 13.8 Å². The number of aromatic nitrogens is 3. The van der Waals surface area contributed by atoms with Crippen molar-refractivity contribution in [1.82, 2.24) is 14.8 Å². The molecule has 2 N–H and O–H groups in total. The minimum Gasteiger partial charge on any atom is -0.399 e. The highest BCUT2D eigenvalue weighted by Crippen LogP contribution is 2.31. The number of thioether (sulfide) groups is 1. The van der Waals surface area contributed by atoms with E-state index in [2.05, 4.69) is 68.4 Å². The molecule has 4 nitrogen and oxygen atoms in total. The van der Waals surface area contributed by atoms with Crippen LogP contribution >= 0.6 is 11.8 Å². The van der Waals surface area contributed by atoms with Crippen LogP contribution in [0.5, 0.6) is 0 Å². The van der Waals surface area contributed by atoms with Gasteiger partial charge in [0.15, 0.2) is 11.0 Å². The molecule has 0 saturated carbocycles. The number of nitrogens with zero attached hydrogens (tertiary/aromatic N) is 3. The van der Waals surface area contributed by atoms with Crippen molar-refractivity contribution in [3.63, 3.8) is 0 Å². The van der Waals surface area contributed by atoms with Crippen molar-refractivity contribution >= 4 is 17.4 Å². The van der Waals surface area contributed by atoms with Crippen LogP contribution < -0.4 is 5.73 Å². The maximum absolute atomic E-state index is 5.81. The molecule has 28 heavy (non-hydrogen) atoms. The normalized spacial score (nSPS) is 11.8. The first kappa shape index (κ1) is 20.5. The van der Waals surface area contributed by atoms with E-state index in [1.165, 1.54) is 22.3 Å². The minimum atomic E-state index is 0.164. The summed E-state index contributed by atoms with van der Waals surface area (Å²) >= 11 is 1.75. The van der Waals surface area contributed by atoms with Crippen molar-refractivity contribution in [1.29, 1.82) is 0 Å². The van der Waals surface area contributed by atoms with Gasteiger partial charge in [-0.15, -0.1) is 10.2 Å². The van der Waals surface area contributed by atoms with Crippen molar-refractivity contribution in [2.45, 2.75) is 64.4 Å². The first-order chi connectivity index (χ1) is 13.2. The number of hydrogen-bond donors (Lipinski definition) is 1. The van der Waals surface area contributed by atoms with Gasteiger partial charge in [0.2, 0.25) is 0 Å². The quantitative estimate of drug-likeness (QED) is 0.442. The van der Waals surface area contributed by atoms with Crippen molar-refractivity contribution in [2.75, 3.05) is 5.73 Å². The van der Waals surface area contributed by atoms with Crippen molar-refractivity contribution < 1.29 is 0 Å². The average molecular weight is 395 g/mol. The molecule has 0 unspecified atom stereocenters. The average Bonchev–Trinajstić information content (AvgIpc) is 3.03. The molecule has 0 bridgehead atoms. The highest BCUT2D eigenvalue weighted by molar-refractivity contribution is 7.98. The van der Waals surface area contributed by atoms with E-state index in [9.17, 15) is 0 Å². The Bertz CT molecular complexity index is 942. The Labute approximate surface area is 172 Å². The van der Waals surface area contributed by atoms with Gasteiger partial charge in [0.1, 0.15) is 0 Å². The zero-order valence-corrected chi connectivity index (χ0v) is 18.5. The summed E-state index contributed by atoms with van der Waals surface area (Å²) in [6, 6.07) is 12.5. The van der Waals surface area contributed by atoms with Crippen molar-refractivity contribution in [3.05, 3.63) is 58.7 Å². The van der Waals surface area contributed by atoms with Gasteiger partial charge in [-0.2, -0.15) is 0 Å². The van der Waals surface area contributed by atoms with Gasteiger partial charge in [-0.1, -0.05) is 44.7 Å². The Kier molecular flexibility index (Phi) is 5.84. The van der Waals surface area contributed by atoms with Crippen LogP contribution in [-0.2, 0) is 17.7 Å². The number of nitrogens with two attached hydrogens (primary N) is 1. The lowest BCUT2D eigenvalue weighted by atomic mass is 9.84. The van der Waals surface area contributed by atoms with E-state index in [1.807, 2.05) is 24.3 Å². The van der Waals surface area contributed by atoms with Gasteiger partial charge in [0.05, 0.1) is 0 Å². The smallest absolute Gasteiger partial charge is 0.191 e.